The molecule has 6 heteroatoms. The van der Waals surface area contributed by atoms with E-state index in [4.69, 9.17) is 10.2 Å². The molecule has 3 atom stereocenters. The van der Waals surface area contributed by atoms with Crippen LogP contribution in [0, 0.1) is 0 Å². The standard InChI is InChI=1S/C12H18N2O4/c1-14(9-5-3-2-4-6-9)13-7-10(16)12(18)11(17)8-15/h2-7,10-12,15-18H,8H2,1H3/b13-7+/t10-,11-,12+/m1/s1. The fourth-order valence-electron chi connectivity index (χ4n) is 1.30. The third-order valence-corrected chi connectivity index (χ3v) is 2.45. The molecule has 1 rings (SSSR count). The molecule has 0 amide bonds. The highest BCUT2D eigenvalue weighted by atomic mass is 16.4. The average molecular weight is 254 g/mol. The van der Waals surface area contributed by atoms with Gasteiger partial charge in [-0.3, -0.25) is 5.01 Å². The summed E-state index contributed by atoms with van der Waals surface area (Å²) in [5, 5.41) is 42.1. The van der Waals surface area contributed by atoms with Gasteiger partial charge in [0.05, 0.1) is 18.5 Å². The number of aliphatic hydroxyl groups is 4. The van der Waals surface area contributed by atoms with Gasteiger partial charge in [0.2, 0.25) is 0 Å². The van der Waals surface area contributed by atoms with Crippen LogP contribution in [-0.4, -0.2) is 58.6 Å². The molecule has 0 spiro atoms. The maximum absolute atomic E-state index is 9.52. The Morgan fingerprint density at radius 1 is 1.22 bits per heavy atom. The van der Waals surface area contributed by atoms with E-state index in [1.807, 2.05) is 30.3 Å². The van der Waals surface area contributed by atoms with Crippen molar-refractivity contribution in [2.24, 2.45) is 5.10 Å². The van der Waals surface area contributed by atoms with Crippen LogP contribution in [0.5, 0.6) is 0 Å². The Balaban J connectivity index is 2.58. The Bertz CT molecular complexity index is 372. The molecule has 18 heavy (non-hydrogen) atoms. The second-order valence-corrected chi connectivity index (χ2v) is 3.85. The first-order valence-electron chi connectivity index (χ1n) is 5.54. The SMILES string of the molecule is CN(/N=C/[C@@H](O)[C@H](O)[C@H](O)CO)c1ccccc1. The van der Waals surface area contributed by atoms with Crippen molar-refractivity contribution in [2.45, 2.75) is 18.3 Å². The van der Waals surface area contributed by atoms with Gasteiger partial charge in [-0.15, -0.1) is 0 Å². The zero-order chi connectivity index (χ0) is 13.5. The van der Waals surface area contributed by atoms with Gasteiger partial charge in [-0.1, -0.05) is 18.2 Å². The summed E-state index contributed by atoms with van der Waals surface area (Å²) in [7, 11) is 1.69. The second kappa shape index (κ2) is 7.07. The number of rotatable bonds is 6. The van der Waals surface area contributed by atoms with Crippen molar-refractivity contribution in [3.63, 3.8) is 0 Å². The minimum Gasteiger partial charge on any atom is -0.394 e. The molecule has 0 aromatic heterocycles. The van der Waals surface area contributed by atoms with Gasteiger partial charge in [-0.05, 0) is 12.1 Å². The smallest absolute Gasteiger partial charge is 0.119 e. The molecule has 1 aromatic carbocycles. The number of hydrogen-bond acceptors (Lipinski definition) is 6. The first kappa shape index (κ1) is 14.6. The number of para-hydroxylation sites is 1. The Morgan fingerprint density at radius 3 is 2.39 bits per heavy atom. The minimum absolute atomic E-state index is 0.624. The van der Waals surface area contributed by atoms with Gasteiger partial charge < -0.3 is 20.4 Å². The summed E-state index contributed by atoms with van der Waals surface area (Å²) in [6.45, 7) is -0.624. The van der Waals surface area contributed by atoms with Crippen LogP contribution >= 0.6 is 0 Å². The van der Waals surface area contributed by atoms with Gasteiger partial charge >= 0.3 is 0 Å². The van der Waals surface area contributed by atoms with Gasteiger partial charge in [-0.25, -0.2) is 0 Å². The van der Waals surface area contributed by atoms with E-state index in [-0.39, 0.29) is 0 Å². The summed E-state index contributed by atoms with van der Waals surface area (Å²) in [6.07, 6.45) is -3.11. The summed E-state index contributed by atoms with van der Waals surface area (Å²) in [4.78, 5) is 0. The number of nitrogens with zero attached hydrogens (tertiary/aromatic N) is 2. The number of aliphatic hydroxyl groups excluding tert-OH is 4. The molecule has 100 valence electrons. The third kappa shape index (κ3) is 4.08. The number of benzene rings is 1. The van der Waals surface area contributed by atoms with Crippen LogP contribution in [0.1, 0.15) is 0 Å². The molecular formula is C12H18N2O4. The van der Waals surface area contributed by atoms with Crippen LogP contribution in [-0.2, 0) is 0 Å². The molecule has 4 N–H and O–H groups in total. The van der Waals surface area contributed by atoms with Gasteiger partial charge in [0.25, 0.3) is 0 Å². The van der Waals surface area contributed by atoms with E-state index in [2.05, 4.69) is 5.10 Å². The third-order valence-electron chi connectivity index (χ3n) is 2.45. The van der Waals surface area contributed by atoms with Gasteiger partial charge in [0.15, 0.2) is 0 Å². The van der Waals surface area contributed by atoms with Crippen LogP contribution in [0.4, 0.5) is 5.69 Å². The normalized spacial score (nSPS) is 16.5. The van der Waals surface area contributed by atoms with Crippen LogP contribution in [0.2, 0.25) is 0 Å². The van der Waals surface area contributed by atoms with Crippen LogP contribution < -0.4 is 5.01 Å². The fraction of sp³-hybridized carbons (Fsp3) is 0.417. The Labute approximate surface area is 105 Å². The molecular weight excluding hydrogens is 236 g/mol. The maximum Gasteiger partial charge on any atom is 0.119 e. The Kier molecular flexibility index (Phi) is 5.73. The summed E-state index contributed by atoms with van der Waals surface area (Å²) in [5.41, 5.74) is 0.818. The monoisotopic (exact) mass is 254 g/mol. The van der Waals surface area contributed by atoms with Crippen LogP contribution in [0.3, 0.4) is 0 Å². The summed E-state index contributed by atoms with van der Waals surface area (Å²) in [5.74, 6) is 0. The van der Waals surface area contributed by atoms with Crippen molar-refractivity contribution < 1.29 is 20.4 Å². The molecule has 0 fully saturated rings. The maximum atomic E-state index is 9.52. The topological polar surface area (TPSA) is 96.5 Å². The Morgan fingerprint density at radius 2 is 1.83 bits per heavy atom. The van der Waals surface area contributed by atoms with E-state index in [0.29, 0.717) is 0 Å². The number of hydrazone groups is 1. The largest absolute Gasteiger partial charge is 0.394 e. The zero-order valence-electron chi connectivity index (χ0n) is 10.1. The summed E-state index contributed by atoms with van der Waals surface area (Å²) >= 11 is 0. The zero-order valence-corrected chi connectivity index (χ0v) is 10.1. The highest BCUT2D eigenvalue weighted by Crippen LogP contribution is 2.10. The van der Waals surface area contributed by atoms with Crippen LogP contribution in [0.15, 0.2) is 35.4 Å². The quantitative estimate of drug-likeness (QED) is 0.393. The van der Waals surface area contributed by atoms with E-state index in [1.165, 1.54) is 5.01 Å². The number of anilines is 1. The van der Waals surface area contributed by atoms with Crippen molar-refractivity contribution in [3.8, 4) is 0 Å². The Hall–Kier alpha value is -1.47. The lowest BCUT2D eigenvalue weighted by molar-refractivity contribution is -0.0541. The van der Waals surface area contributed by atoms with E-state index in [0.717, 1.165) is 11.9 Å². The van der Waals surface area contributed by atoms with Crippen molar-refractivity contribution in [1.29, 1.82) is 0 Å². The van der Waals surface area contributed by atoms with Gasteiger partial charge in [-0.2, -0.15) is 5.10 Å². The van der Waals surface area contributed by atoms with Crippen molar-refractivity contribution >= 4 is 11.9 Å². The molecule has 0 aliphatic carbocycles. The summed E-state index contributed by atoms with van der Waals surface area (Å²) < 4.78 is 0. The molecule has 0 saturated carbocycles. The highest BCUT2D eigenvalue weighted by molar-refractivity contribution is 5.65. The van der Waals surface area contributed by atoms with Crippen LogP contribution in [0.25, 0.3) is 0 Å². The molecule has 0 saturated heterocycles. The number of hydrogen-bond donors (Lipinski definition) is 4. The van der Waals surface area contributed by atoms with E-state index >= 15 is 0 Å². The van der Waals surface area contributed by atoms with Crippen molar-refractivity contribution in [3.05, 3.63) is 30.3 Å². The van der Waals surface area contributed by atoms with Crippen molar-refractivity contribution in [1.82, 2.24) is 0 Å². The molecule has 0 radical (unpaired) electrons. The first-order valence-corrected chi connectivity index (χ1v) is 5.54. The van der Waals surface area contributed by atoms with Gasteiger partial charge in [0.1, 0.15) is 18.3 Å². The molecule has 1 aromatic rings. The molecule has 0 unspecified atom stereocenters. The van der Waals surface area contributed by atoms with Crippen molar-refractivity contribution in [2.75, 3.05) is 18.7 Å². The van der Waals surface area contributed by atoms with E-state index < -0.39 is 24.9 Å². The molecule has 6 nitrogen and oxygen atoms in total. The first-order chi connectivity index (χ1) is 8.56. The highest BCUT2D eigenvalue weighted by Gasteiger charge is 2.22. The minimum atomic E-state index is -1.47. The van der Waals surface area contributed by atoms with Gasteiger partial charge in [0, 0.05) is 7.05 Å². The predicted molar refractivity (Wildman–Crippen MR) is 68.4 cm³/mol. The molecule has 0 heterocycles. The molecule has 0 aliphatic heterocycles. The lowest BCUT2D eigenvalue weighted by Gasteiger charge is -2.19. The van der Waals surface area contributed by atoms with E-state index in [1.54, 1.807) is 7.05 Å². The fourth-order valence-corrected chi connectivity index (χ4v) is 1.30. The lowest BCUT2D eigenvalue weighted by Crippen LogP contribution is -2.40. The molecule has 0 aliphatic rings. The summed E-state index contributed by atoms with van der Waals surface area (Å²) in [6, 6.07) is 9.24. The second-order valence-electron chi connectivity index (χ2n) is 3.85. The average Bonchev–Trinajstić information content (AvgIpc) is 2.43. The molecule has 0 bridgehead atoms. The predicted octanol–water partition coefficient (Wildman–Crippen LogP) is -0.816. The lowest BCUT2D eigenvalue weighted by atomic mass is 10.1. The van der Waals surface area contributed by atoms with E-state index in [9.17, 15) is 10.2 Å².